The molecule has 14 aromatic rings. The van der Waals surface area contributed by atoms with Crippen LogP contribution < -0.4 is 57.5 Å². The van der Waals surface area contributed by atoms with Gasteiger partial charge in [0.25, 0.3) is 0 Å². The van der Waals surface area contributed by atoms with E-state index in [9.17, 15) is 0 Å². The van der Waals surface area contributed by atoms with E-state index in [4.69, 9.17) is 37.9 Å². The van der Waals surface area contributed by atoms with Crippen LogP contribution in [0.25, 0.3) is 23.3 Å². The Bertz CT molecular complexity index is 5970. The van der Waals surface area contributed by atoms with Crippen molar-refractivity contribution in [2.45, 2.75) is 195 Å². The Kier molecular flexibility index (Phi) is 35.2. The van der Waals surface area contributed by atoms with E-state index in [0.29, 0.717) is 55.2 Å². The second-order valence-electron chi connectivity index (χ2n) is 34.5. The summed E-state index contributed by atoms with van der Waals surface area (Å²) in [7, 11) is 0. The van der Waals surface area contributed by atoms with Gasteiger partial charge in [-0.3, -0.25) is 0 Å². The summed E-state index contributed by atoms with van der Waals surface area (Å²) < 4.78 is 53.0. The molecule has 0 aliphatic carbocycles. The molecular weight excluding hydrogens is 1650 g/mol. The molecule has 690 valence electrons. The van der Waals surface area contributed by atoms with Gasteiger partial charge in [-0.25, -0.2) is 0 Å². The highest BCUT2D eigenvalue weighted by Crippen LogP contribution is 2.51. The molecule has 0 spiro atoms. The fraction of sp³-hybridized carbons (Fsp3) is 0.279. The molecule has 0 aliphatic heterocycles. The molecule has 0 aromatic heterocycles. The molecular formula is C122H134N4O8. The summed E-state index contributed by atoms with van der Waals surface area (Å²) in [6, 6.07) is 119. The first-order valence-corrected chi connectivity index (χ1v) is 49.0. The smallest absolute Gasteiger partial charge is 0.129 e. The van der Waals surface area contributed by atoms with Crippen LogP contribution in [0.1, 0.15) is 206 Å². The van der Waals surface area contributed by atoms with Gasteiger partial charge < -0.3 is 57.5 Å². The van der Waals surface area contributed by atoms with Gasteiger partial charge in [-0.05, 0) is 267 Å². The van der Waals surface area contributed by atoms with Crippen LogP contribution in [0, 0.1) is 0 Å². The van der Waals surface area contributed by atoms with E-state index in [1.165, 1.54) is 50.5 Å². The SMILES string of the molecule is C=Cc1ccc(Oc2cccc(N(c3cccc(OCCCCCC)c3)c3cccc(Oc4ccc(N(c5cccc(OCCCCCC)c5)C(CC)(CC)c5ccc(-c6ccc(N(c7cccc(OCCCCCC)c7)c7cccc(Oc8ccc(N(c9cccc(OCCCCCC)c9)C(CC)(CC)c9cccc(Oc%10ccc(C=C)cc%10)c9)cc8)c7)cc6)cc5)cc4)c3)c2)cc1. The minimum Gasteiger partial charge on any atom is -0.494 e. The molecule has 0 amide bonds. The van der Waals surface area contributed by atoms with E-state index < -0.39 is 11.1 Å². The molecule has 0 bridgehead atoms. The Balaban J connectivity index is 0.748. The van der Waals surface area contributed by atoms with Gasteiger partial charge in [-0.15, -0.1) is 0 Å². The van der Waals surface area contributed by atoms with Crippen LogP contribution in [0.2, 0.25) is 0 Å². The lowest BCUT2D eigenvalue weighted by Gasteiger charge is -2.45. The van der Waals surface area contributed by atoms with Crippen molar-refractivity contribution in [2.24, 2.45) is 0 Å². The number of rotatable bonds is 53. The number of anilines is 10. The van der Waals surface area contributed by atoms with E-state index in [0.717, 1.165) is 208 Å². The molecule has 14 rings (SSSR count). The second kappa shape index (κ2) is 49.1. The van der Waals surface area contributed by atoms with Crippen LogP contribution in [-0.4, -0.2) is 26.4 Å². The maximum Gasteiger partial charge on any atom is 0.129 e. The number of ether oxygens (including phenoxy) is 8. The minimum atomic E-state index is -0.507. The number of hydrogen-bond acceptors (Lipinski definition) is 12. The van der Waals surface area contributed by atoms with Crippen molar-refractivity contribution in [1.29, 1.82) is 0 Å². The third-order valence-corrected chi connectivity index (χ3v) is 25.4. The second-order valence-corrected chi connectivity index (χ2v) is 34.5. The standard InChI is InChI=1S/C122H134N4O8/c1-11-21-25-29-81-127-113-49-34-42-102(86-113)123(104-44-36-54-118(88-104)133-112-79-71-101(72-80-112)126(108-48-40-52-116(92-108)130-84-32-28-24-14-4)122(19-9,20-10)98-41-33-53-117(85-98)131-109-73-57-93(15-5)58-74-109)99-67-63-96(64-68-99)95-61-65-97(66-62-95)121(17-7,18-8)125(107-47-39-51-115(91-107)129-83-31-27-23-13-3)100-69-77-111(78-70-100)134-120-56-38-46-106(90-120)124(103-43-35-50-114(87-103)128-82-30-26-22-12-2)105-45-37-55-119(89-105)132-110-75-59-94(16-6)60-76-110/h15-16,33-80,85-92H,5-6,11-14,17-32,81-84H2,1-4,7-10H3. The van der Waals surface area contributed by atoms with E-state index >= 15 is 0 Å². The maximum absolute atomic E-state index is 6.97. The van der Waals surface area contributed by atoms with Crippen LogP contribution >= 0.6 is 0 Å². The van der Waals surface area contributed by atoms with Gasteiger partial charge in [-0.2, -0.15) is 0 Å². The predicted molar refractivity (Wildman–Crippen MR) is 561 cm³/mol. The highest BCUT2D eigenvalue weighted by molar-refractivity contribution is 5.82. The zero-order valence-electron chi connectivity index (χ0n) is 79.9. The highest BCUT2D eigenvalue weighted by Gasteiger charge is 2.40. The average Bonchev–Trinajstić information content (AvgIpc) is 0.753. The fourth-order valence-electron chi connectivity index (χ4n) is 18.0. The fourth-order valence-corrected chi connectivity index (χ4v) is 18.0. The predicted octanol–water partition coefficient (Wildman–Crippen LogP) is 36.3. The van der Waals surface area contributed by atoms with Crippen molar-refractivity contribution in [3.63, 3.8) is 0 Å². The van der Waals surface area contributed by atoms with Crippen molar-refractivity contribution in [3.05, 3.63) is 375 Å². The summed E-state index contributed by atoms with van der Waals surface area (Å²) in [6.45, 7) is 28.7. The number of unbranched alkanes of at least 4 members (excludes halogenated alkanes) is 12. The molecule has 0 N–H and O–H groups in total. The lowest BCUT2D eigenvalue weighted by molar-refractivity contribution is 0.304. The van der Waals surface area contributed by atoms with Crippen molar-refractivity contribution >= 4 is 69.0 Å². The average molecular weight is 1780 g/mol. The molecule has 134 heavy (non-hydrogen) atoms. The normalized spacial score (nSPS) is 11.3. The summed E-state index contributed by atoms with van der Waals surface area (Å²) in [4.78, 5) is 9.52. The van der Waals surface area contributed by atoms with Crippen molar-refractivity contribution in [3.8, 4) is 80.1 Å². The zero-order chi connectivity index (χ0) is 93.1. The van der Waals surface area contributed by atoms with Gasteiger partial charge in [0.15, 0.2) is 0 Å². The van der Waals surface area contributed by atoms with Gasteiger partial charge in [0, 0.05) is 99.3 Å². The third kappa shape index (κ3) is 25.1. The van der Waals surface area contributed by atoms with Gasteiger partial charge in [0.05, 0.1) is 37.5 Å². The lowest BCUT2D eigenvalue weighted by Crippen LogP contribution is -2.42. The zero-order valence-corrected chi connectivity index (χ0v) is 79.9. The summed E-state index contributed by atoms with van der Waals surface area (Å²) >= 11 is 0. The molecule has 14 aromatic carbocycles. The molecule has 0 saturated carbocycles. The van der Waals surface area contributed by atoms with Gasteiger partial charge in [0.1, 0.15) is 69.0 Å². The molecule has 0 fully saturated rings. The van der Waals surface area contributed by atoms with Crippen LogP contribution in [0.4, 0.5) is 56.9 Å². The Morgan fingerprint density at radius 2 is 0.470 bits per heavy atom. The molecule has 12 nitrogen and oxygen atoms in total. The van der Waals surface area contributed by atoms with Crippen molar-refractivity contribution in [2.75, 3.05) is 46.0 Å². The first-order chi connectivity index (χ1) is 65.9. The van der Waals surface area contributed by atoms with Crippen molar-refractivity contribution < 1.29 is 37.9 Å². The Morgan fingerprint density at radius 1 is 0.216 bits per heavy atom. The van der Waals surface area contributed by atoms with Gasteiger partial charge >= 0.3 is 0 Å². The van der Waals surface area contributed by atoms with Gasteiger partial charge in [0.2, 0.25) is 0 Å². The van der Waals surface area contributed by atoms with E-state index in [-0.39, 0.29) is 0 Å². The number of hydrogen-bond donors (Lipinski definition) is 0. The molecule has 0 heterocycles. The molecule has 0 radical (unpaired) electrons. The summed E-state index contributed by atoms with van der Waals surface area (Å²) in [6.07, 6.45) is 24.9. The lowest BCUT2D eigenvalue weighted by atomic mass is 9.81. The number of benzene rings is 14. The van der Waals surface area contributed by atoms with Crippen LogP contribution in [0.3, 0.4) is 0 Å². The maximum atomic E-state index is 6.97. The van der Waals surface area contributed by atoms with E-state index in [1.807, 2.05) is 103 Å². The molecule has 0 saturated heterocycles. The largest absolute Gasteiger partial charge is 0.494 e. The van der Waals surface area contributed by atoms with E-state index in [2.05, 4.69) is 337 Å². The topological polar surface area (TPSA) is 86.8 Å². The minimum absolute atomic E-state index is 0.506. The van der Waals surface area contributed by atoms with Gasteiger partial charge in [-0.1, -0.05) is 273 Å². The van der Waals surface area contributed by atoms with Crippen LogP contribution in [0.15, 0.2) is 353 Å². The number of nitrogens with zero attached hydrogens (tertiary/aromatic N) is 4. The van der Waals surface area contributed by atoms with E-state index in [1.54, 1.807) is 0 Å². The Morgan fingerprint density at radius 3 is 0.784 bits per heavy atom. The summed E-state index contributed by atoms with van der Waals surface area (Å²) in [5.74, 6) is 9.10. The molecule has 0 unspecified atom stereocenters. The van der Waals surface area contributed by atoms with Crippen LogP contribution in [0.5, 0.6) is 69.0 Å². The molecule has 0 aliphatic rings. The molecule has 12 heteroatoms. The highest BCUT2D eigenvalue weighted by atomic mass is 16.5. The van der Waals surface area contributed by atoms with Crippen LogP contribution in [-0.2, 0) is 11.1 Å². The Labute approximate surface area is 798 Å². The first kappa shape index (κ1) is 96.2. The van der Waals surface area contributed by atoms with Crippen molar-refractivity contribution in [1.82, 2.24) is 0 Å². The quantitative estimate of drug-likeness (QED) is 0.0340. The summed E-state index contributed by atoms with van der Waals surface area (Å²) in [5, 5.41) is 0. The Hall–Kier alpha value is -13.8. The first-order valence-electron chi connectivity index (χ1n) is 49.0. The molecule has 0 atom stereocenters. The summed E-state index contributed by atoms with van der Waals surface area (Å²) in [5.41, 5.74) is 15.3. The monoisotopic (exact) mass is 1780 g/mol. The third-order valence-electron chi connectivity index (χ3n) is 25.4.